The number of nitrogens with one attached hydrogen (secondary N) is 1. The van der Waals surface area contributed by atoms with Gasteiger partial charge in [-0.05, 0) is 56.6 Å². The summed E-state index contributed by atoms with van der Waals surface area (Å²) in [5.74, 6) is 2.06. The Hall–Kier alpha value is -3.46. The Labute approximate surface area is 199 Å². The fourth-order valence-corrected chi connectivity index (χ4v) is 4.44. The van der Waals surface area contributed by atoms with E-state index in [0.717, 1.165) is 42.1 Å². The van der Waals surface area contributed by atoms with Crippen LogP contribution in [0.3, 0.4) is 0 Å². The molecule has 5 rings (SSSR count). The molecular formula is C25H30N6O3. The second-order valence-corrected chi connectivity index (χ2v) is 10.0. The number of aromatic nitrogens is 4. The minimum Gasteiger partial charge on any atom is -0.454 e. The van der Waals surface area contributed by atoms with Crippen LogP contribution in [0.5, 0.6) is 11.5 Å². The molecule has 1 saturated carbocycles. The molecule has 2 aliphatic rings. The molecule has 1 N–H and O–H groups in total. The molecule has 0 unspecified atom stereocenters. The maximum Gasteiger partial charge on any atom is 0.254 e. The topological polar surface area (TPSA) is 94.4 Å². The normalized spacial score (nSPS) is 15.1. The number of hydrogen-bond donors (Lipinski definition) is 1. The minimum absolute atomic E-state index is 0.0447. The summed E-state index contributed by atoms with van der Waals surface area (Å²) >= 11 is 0. The van der Waals surface area contributed by atoms with Gasteiger partial charge in [0.15, 0.2) is 11.5 Å². The summed E-state index contributed by atoms with van der Waals surface area (Å²) in [6.07, 6.45) is 5.41. The number of benzene rings is 1. The molecular weight excluding hydrogens is 432 g/mol. The van der Waals surface area contributed by atoms with Gasteiger partial charge in [-0.1, -0.05) is 13.8 Å². The summed E-state index contributed by atoms with van der Waals surface area (Å²) in [6, 6.07) is 7.58. The van der Waals surface area contributed by atoms with Gasteiger partial charge in [-0.3, -0.25) is 4.79 Å². The third-order valence-corrected chi connectivity index (χ3v) is 5.99. The molecule has 9 nitrogen and oxygen atoms in total. The molecule has 0 spiro atoms. The first-order valence-corrected chi connectivity index (χ1v) is 11.5. The average Bonchev–Trinajstić information content (AvgIpc) is 3.36. The van der Waals surface area contributed by atoms with Crippen molar-refractivity contribution in [2.45, 2.75) is 32.6 Å². The minimum atomic E-state index is -0.105. The smallest absolute Gasteiger partial charge is 0.254 e. The average molecular weight is 463 g/mol. The highest BCUT2D eigenvalue weighted by molar-refractivity contribution is 5.95. The van der Waals surface area contributed by atoms with Crippen molar-refractivity contribution >= 4 is 5.91 Å². The van der Waals surface area contributed by atoms with Gasteiger partial charge in [0.25, 0.3) is 11.9 Å². The van der Waals surface area contributed by atoms with E-state index in [1.54, 1.807) is 17.1 Å². The molecule has 0 saturated heterocycles. The van der Waals surface area contributed by atoms with E-state index < -0.39 is 0 Å². The summed E-state index contributed by atoms with van der Waals surface area (Å²) in [5, 5.41) is 7.64. The first-order chi connectivity index (χ1) is 16.3. The Balaban J connectivity index is 1.41. The van der Waals surface area contributed by atoms with Crippen molar-refractivity contribution in [2.75, 3.05) is 34.0 Å². The number of ether oxygens (including phenoxy) is 2. The molecule has 0 bridgehead atoms. The van der Waals surface area contributed by atoms with Crippen LogP contribution < -0.4 is 14.8 Å². The second-order valence-electron chi connectivity index (χ2n) is 10.0. The van der Waals surface area contributed by atoms with Crippen molar-refractivity contribution in [1.29, 1.82) is 0 Å². The molecule has 178 valence electrons. The lowest BCUT2D eigenvalue weighted by Crippen LogP contribution is -2.40. The third kappa shape index (κ3) is 4.61. The maximum atomic E-state index is 13.1. The quantitative estimate of drug-likeness (QED) is 0.549. The van der Waals surface area contributed by atoms with Crippen molar-refractivity contribution < 1.29 is 14.3 Å². The van der Waals surface area contributed by atoms with Gasteiger partial charge in [-0.25, -0.2) is 14.6 Å². The molecule has 1 amide bonds. The Morgan fingerprint density at radius 2 is 2.00 bits per heavy atom. The van der Waals surface area contributed by atoms with Crippen LogP contribution in [0.2, 0.25) is 0 Å². The molecule has 3 heterocycles. The van der Waals surface area contributed by atoms with Crippen molar-refractivity contribution in [3.8, 4) is 28.7 Å². The number of rotatable bonds is 8. The van der Waals surface area contributed by atoms with Crippen LogP contribution in [-0.2, 0) is 0 Å². The lowest BCUT2D eigenvalue weighted by Gasteiger charge is -2.28. The zero-order valence-electron chi connectivity index (χ0n) is 20.0. The first kappa shape index (κ1) is 22.3. The molecule has 1 aliphatic heterocycles. The molecule has 1 aromatic carbocycles. The van der Waals surface area contributed by atoms with Gasteiger partial charge in [0.1, 0.15) is 0 Å². The van der Waals surface area contributed by atoms with E-state index in [-0.39, 0.29) is 24.0 Å². The Bertz CT molecular complexity index is 1220. The van der Waals surface area contributed by atoms with Crippen LogP contribution in [0.15, 0.2) is 36.7 Å². The summed E-state index contributed by atoms with van der Waals surface area (Å²) in [7, 11) is 4.08. The molecule has 9 heteroatoms. The van der Waals surface area contributed by atoms with Crippen LogP contribution in [0.25, 0.3) is 17.2 Å². The van der Waals surface area contributed by atoms with E-state index in [1.165, 1.54) is 0 Å². The van der Waals surface area contributed by atoms with Crippen LogP contribution >= 0.6 is 0 Å². The molecule has 34 heavy (non-hydrogen) atoms. The van der Waals surface area contributed by atoms with E-state index in [0.29, 0.717) is 23.8 Å². The standard InChI is InChI=1S/C25H30N6O3/c1-25(2,14-30(3)4)13-27-23(32)18-12-28-31(22(18)16-5-6-16)24-26-10-9-19(29-24)17-7-8-20-21(11-17)34-15-33-20/h7-12,16H,5-6,13-15H2,1-4H3,(H,27,32). The predicted octanol–water partition coefficient (Wildman–Crippen LogP) is 3.25. The van der Waals surface area contributed by atoms with Crippen molar-refractivity contribution in [1.82, 2.24) is 30.0 Å². The van der Waals surface area contributed by atoms with Gasteiger partial charge in [0.05, 0.1) is 23.1 Å². The van der Waals surface area contributed by atoms with Gasteiger partial charge in [0, 0.05) is 30.8 Å². The lowest BCUT2D eigenvalue weighted by atomic mass is 9.93. The molecule has 0 radical (unpaired) electrons. The highest BCUT2D eigenvalue weighted by atomic mass is 16.7. The summed E-state index contributed by atoms with van der Waals surface area (Å²) in [5.41, 5.74) is 3.08. The van der Waals surface area contributed by atoms with Gasteiger partial charge in [-0.15, -0.1) is 0 Å². The SMILES string of the molecule is CN(C)CC(C)(C)CNC(=O)c1cnn(-c2nccc(-c3ccc4c(c3)OCO4)n2)c1C1CC1. The Kier molecular flexibility index (Phi) is 5.73. The molecule has 1 fully saturated rings. The van der Waals surface area contributed by atoms with Gasteiger partial charge >= 0.3 is 0 Å². The van der Waals surface area contributed by atoms with Crippen molar-refractivity contribution in [3.05, 3.63) is 47.9 Å². The monoisotopic (exact) mass is 462 g/mol. The van der Waals surface area contributed by atoms with Gasteiger partial charge in [-0.2, -0.15) is 5.10 Å². The number of carbonyl (C=O) groups is 1. The van der Waals surface area contributed by atoms with E-state index in [1.807, 2.05) is 38.4 Å². The van der Waals surface area contributed by atoms with Crippen molar-refractivity contribution in [2.24, 2.45) is 5.41 Å². The van der Waals surface area contributed by atoms with E-state index >= 15 is 0 Å². The maximum absolute atomic E-state index is 13.1. The summed E-state index contributed by atoms with van der Waals surface area (Å²) < 4.78 is 12.6. The fourth-order valence-electron chi connectivity index (χ4n) is 4.44. The zero-order valence-corrected chi connectivity index (χ0v) is 20.0. The molecule has 2 aromatic heterocycles. The third-order valence-electron chi connectivity index (χ3n) is 5.99. The summed E-state index contributed by atoms with van der Waals surface area (Å²) in [4.78, 5) is 24.5. The second kappa shape index (κ2) is 8.72. The number of carbonyl (C=O) groups excluding carboxylic acids is 1. The van der Waals surface area contributed by atoms with Crippen LogP contribution in [0.1, 0.15) is 48.7 Å². The fraction of sp³-hybridized carbons (Fsp3) is 0.440. The highest BCUT2D eigenvalue weighted by Gasteiger charge is 2.34. The first-order valence-electron chi connectivity index (χ1n) is 11.5. The number of fused-ring (bicyclic) bond motifs is 1. The lowest BCUT2D eigenvalue weighted by molar-refractivity contribution is 0.0928. The Morgan fingerprint density at radius 1 is 1.21 bits per heavy atom. The predicted molar refractivity (Wildman–Crippen MR) is 127 cm³/mol. The number of nitrogens with zero attached hydrogens (tertiary/aromatic N) is 5. The van der Waals surface area contributed by atoms with E-state index in [9.17, 15) is 4.79 Å². The van der Waals surface area contributed by atoms with Crippen molar-refractivity contribution in [3.63, 3.8) is 0 Å². The number of amides is 1. The summed E-state index contributed by atoms with van der Waals surface area (Å²) in [6.45, 7) is 5.98. The number of hydrogen-bond acceptors (Lipinski definition) is 7. The van der Waals surface area contributed by atoms with Gasteiger partial charge < -0.3 is 19.7 Å². The van der Waals surface area contributed by atoms with E-state index in [4.69, 9.17) is 14.5 Å². The van der Waals surface area contributed by atoms with Crippen LogP contribution in [0.4, 0.5) is 0 Å². The van der Waals surface area contributed by atoms with Crippen LogP contribution in [-0.4, -0.2) is 64.5 Å². The molecule has 3 aromatic rings. The van der Waals surface area contributed by atoms with Gasteiger partial charge in [0.2, 0.25) is 6.79 Å². The van der Waals surface area contributed by atoms with E-state index in [2.05, 4.69) is 34.1 Å². The Morgan fingerprint density at radius 3 is 2.76 bits per heavy atom. The largest absolute Gasteiger partial charge is 0.454 e. The highest BCUT2D eigenvalue weighted by Crippen LogP contribution is 2.42. The van der Waals surface area contributed by atoms with Crippen LogP contribution in [0, 0.1) is 5.41 Å². The molecule has 1 aliphatic carbocycles. The molecule has 0 atom stereocenters. The zero-order chi connectivity index (χ0) is 23.9.